The highest BCUT2D eigenvalue weighted by molar-refractivity contribution is 6.56. The molecule has 0 fully saturated rings. The number of imide groups is 1. The van der Waals surface area contributed by atoms with Crippen molar-refractivity contribution >= 4 is 23.2 Å². The maximum absolute atomic E-state index is 12.5. The zero-order valence-corrected chi connectivity index (χ0v) is 10.4. The Kier molecular flexibility index (Phi) is 2.75. The van der Waals surface area contributed by atoms with Gasteiger partial charge in [-0.15, -0.1) is 0 Å². The van der Waals surface area contributed by atoms with Gasteiger partial charge in [0, 0.05) is 0 Å². The molecular weight excluding hydrogens is 254 g/mol. The topological polar surface area (TPSA) is 73.8 Å². The van der Waals surface area contributed by atoms with E-state index < -0.39 is 11.8 Å². The predicted molar refractivity (Wildman–Crippen MR) is 72.4 cm³/mol. The van der Waals surface area contributed by atoms with E-state index in [1.165, 1.54) is 0 Å². The Morgan fingerprint density at radius 1 is 0.800 bits per heavy atom. The first-order valence-corrected chi connectivity index (χ1v) is 5.99. The first-order valence-electron chi connectivity index (χ1n) is 5.99. The van der Waals surface area contributed by atoms with Crippen molar-refractivity contribution in [3.8, 4) is 0 Å². The van der Waals surface area contributed by atoms with Crippen molar-refractivity contribution < 1.29 is 14.4 Å². The molecule has 1 heterocycles. The zero-order chi connectivity index (χ0) is 14.1. The van der Waals surface area contributed by atoms with E-state index in [4.69, 9.17) is 5.53 Å². The second-order valence-electron chi connectivity index (χ2n) is 4.28. The van der Waals surface area contributed by atoms with Crippen LogP contribution in [0.25, 0.3) is 5.53 Å². The minimum absolute atomic E-state index is 0.135. The fraction of sp³-hybridized carbons (Fsp3) is 0. The van der Waals surface area contributed by atoms with Gasteiger partial charge >= 0.3 is 11.6 Å². The summed E-state index contributed by atoms with van der Waals surface area (Å²) in [5.41, 5.74) is 10.1. The third-order valence-electron chi connectivity index (χ3n) is 3.14. The minimum atomic E-state index is -0.637. The van der Waals surface area contributed by atoms with Crippen LogP contribution in [-0.2, 0) is 4.79 Å². The molecule has 3 rings (SSSR count). The Labute approximate surface area is 114 Å². The molecule has 96 valence electrons. The molecule has 0 aliphatic carbocycles. The molecule has 0 atom stereocenters. The van der Waals surface area contributed by atoms with Crippen molar-refractivity contribution in [3.63, 3.8) is 0 Å². The second-order valence-corrected chi connectivity index (χ2v) is 4.28. The summed E-state index contributed by atoms with van der Waals surface area (Å²) < 4.78 is 0. The van der Waals surface area contributed by atoms with E-state index in [0.29, 0.717) is 16.8 Å². The van der Waals surface area contributed by atoms with E-state index >= 15 is 0 Å². The summed E-state index contributed by atoms with van der Waals surface area (Å²) in [6.07, 6.45) is 0. The van der Waals surface area contributed by atoms with Crippen LogP contribution in [0.2, 0.25) is 0 Å². The molecule has 0 unspecified atom stereocenters. The quantitative estimate of drug-likeness (QED) is 0.447. The normalized spacial score (nSPS) is 14.0. The summed E-state index contributed by atoms with van der Waals surface area (Å²) in [5.74, 6) is -1.06. The number of nitrogens with zero attached hydrogens (tertiary/aromatic N) is 3. The molecule has 2 amide bonds. The molecule has 2 aromatic rings. The smallest absolute Gasteiger partial charge is 0.361 e. The van der Waals surface area contributed by atoms with E-state index in [9.17, 15) is 9.59 Å². The van der Waals surface area contributed by atoms with E-state index in [2.05, 4.69) is 4.79 Å². The highest BCUT2D eigenvalue weighted by atomic mass is 16.2. The molecule has 0 spiro atoms. The van der Waals surface area contributed by atoms with Crippen LogP contribution in [-0.4, -0.2) is 22.3 Å². The van der Waals surface area contributed by atoms with Crippen LogP contribution in [0.3, 0.4) is 0 Å². The van der Waals surface area contributed by atoms with Gasteiger partial charge in [-0.2, -0.15) is 4.79 Å². The van der Waals surface area contributed by atoms with Gasteiger partial charge in [0.1, 0.15) is 0 Å². The number of rotatable bonds is 1. The number of para-hydroxylation sites is 1. The van der Waals surface area contributed by atoms with Gasteiger partial charge in [0.25, 0.3) is 5.91 Å². The van der Waals surface area contributed by atoms with Crippen LogP contribution >= 0.6 is 0 Å². The van der Waals surface area contributed by atoms with Gasteiger partial charge in [-0.25, -0.2) is 4.90 Å². The lowest BCUT2D eigenvalue weighted by molar-refractivity contribution is -0.116. The third-order valence-corrected chi connectivity index (χ3v) is 3.14. The van der Waals surface area contributed by atoms with Gasteiger partial charge in [-0.1, -0.05) is 30.3 Å². The van der Waals surface area contributed by atoms with E-state index in [0.717, 1.165) is 4.90 Å². The summed E-state index contributed by atoms with van der Waals surface area (Å²) in [4.78, 5) is 28.9. The number of carbonyl (C=O) groups excluding carboxylic acids is 2. The average molecular weight is 263 g/mol. The lowest BCUT2D eigenvalue weighted by Gasteiger charge is -2.23. The van der Waals surface area contributed by atoms with Gasteiger partial charge in [0.2, 0.25) is 0 Å². The average Bonchev–Trinajstić information content (AvgIpc) is 2.49. The summed E-state index contributed by atoms with van der Waals surface area (Å²) in [6, 6.07) is 15.1. The number of benzene rings is 2. The maximum atomic E-state index is 12.5. The second kappa shape index (κ2) is 4.57. The van der Waals surface area contributed by atoms with Crippen LogP contribution < -0.4 is 4.90 Å². The van der Waals surface area contributed by atoms with E-state index in [-0.39, 0.29) is 5.71 Å². The van der Waals surface area contributed by atoms with Crippen molar-refractivity contribution in [2.45, 2.75) is 0 Å². The van der Waals surface area contributed by atoms with Crippen LogP contribution in [0.4, 0.5) is 5.69 Å². The van der Waals surface area contributed by atoms with Crippen LogP contribution in [0.1, 0.15) is 15.9 Å². The van der Waals surface area contributed by atoms with Gasteiger partial charge in [0.05, 0.1) is 16.8 Å². The Morgan fingerprint density at radius 2 is 1.40 bits per heavy atom. The van der Waals surface area contributed by atoms with Crippen molar-refractivity contribution in [2.24, 2.45) is 0 Å². The molecule has 20 heavy (non-hydrogen) atoms. The molecule has 0 aromatic heterocycles. The van der Waals surface area contributed by atoms with Crippen molar-refractivity contribution in [2.75, 3.05) is 4.90 Å². The standard InChI is InChI=1S/C15H9N3O2/c16-17-13-11-8-4-5-9-12(11)14(19)18(15(13)20)10-6-2-1-3-7-10/h1-9H. The fourth-order valence-electron chi connectivity index (χ4n) is 2.22. The molecule has 0 saturated heterocycles. The molecular formula is C15H9N3O2. The number of amides is 2. The Hall–Kier alpha value is -3.04. The molecule has 0 bridgehead atoms. The van der Waals surface area contributed by atoms with Gasteiger partial charge in [-0.3, -0.25) is 9.59 Å². The lowest BCUT2D eigenvalue weighted by Crippen LogP contribution is -2.47. The Bertz CT molecular complexity index is 762. The van der Waals surface area contributed by atoms with Crippen LogP contribution in [0.5, 0.6) is 0 Å². The number of hydrogen-bond acceptors (Lipinski definition) is 2. The maximum Gasteiger partial charge on any atom is 0.388 e. The number of hydrogen-bond donors (Lipinski definition) is 0. The monoisotopic (exact) mass is 263 g/mol. The van der Waals surface area contributed by atoms with Crippen molar-refractivity contribution in [3.05, 3.63) is 71.3 Å². The van der Waals surface area contributed by atoms with E-state index in [1.807, 2.05) is 0 Å². The van der Waals surface area contributed by atoms with Crippen LogP contribution in [0, 0.1) is 0 Å². The van der Waals surface area contributed by atoms with Gasteiger partial charge in [-0.05, 0) is 24.3 Å². The number of anilines is 1. The number of carbonyl (C=O) groups is 2. The first kappa shape index (κ1) is 12.0. The van der Waals surface area contributed by atoms with Crippen molar-refractivity contribution in [1.29, 1.82) is 0 Å². The third kappa shape index (κ3) is 1.66. The molecule has 0 radical (unpaired) electrons. The summed E-state index contributed by atoms with van der Waals surface area (Å²) in [6.45, 7) is 0. The van der Waals surface area contributed by atoms with Crippen LogP contribution in [0.15, 0.2) is 54.6 Å². The highest BCUT2D eigenvalue weighted by Gasteiger charge is 2.42. The molecule has 1 aliphatic heterocycles. The molecule has 2 aromatic carbocycles. The number of fused-ring (bicyclic) bond motifs is 1. The molecule has 1 aliphatic rings. The lowest BCUT2D eigenvalue weighted by atomic mass is 9.96. The zero-order valence-electron chi connectivity index (χ0n) is 10.4. The molecule has 5 heteroatoms. The SMILES string of the molecule is [N-]=[N+]=C1C(=O)N(c2ccccc2)C(=O)c2ccccc21. The molecule has 0 saturated carbocycles. The molecule has 5 nitrogen and oxygen atoms in total. The largest absolute Gasteiger partial charge is 0.388 e. The summed E-state index contributed by atoms with van der Waals surface area (Å²) >= 11 is 0. The predicted octanol–water partition coefficient (Wildman–Crippen LogP) is 1.89. The Morgan fingerprint density at radius 3 is 2.05 bits per heavy atom. The fourth-order valence-corrected chi connectivity index (χ4v) is 2.22. The summed E-state index contributed by atoms with van der Waals surface area (Å²) in [7, 11) is 0. The van der Waals surface area contributed by atoms with Crippen molar-refractivity contribution in [1.82, 2.24) is 0 Å². The van der Waals surface area contributed by atoms with E-state index in [1.54, 1.807) is 54.6 Å². The summed E-state index contributed by atoms with van der Waals surface area (Å²) in [5, 5.41) is 0. The van der Waals surface area contributed by atoms with Gasteiger partial charge in [0.15, 0.2) is 0 Å². The Balaban J connectivity index is 2.24. The minimum Gasteiger partial charge on any atom is -0.361 e. The van der Waals surface area contributed by atoms with Gasteiger partial charge < -0.3 is 5.53 Å². The first-order chi connectivity index (χ1) is 9.74. The molecule has 0 N–H and O–H groups in total. The highest BCUT2D eigenvalue weighted by Crippen LogP contribution is 2.24.